The molecule has 0 bridgehead atoms. The van der Waals surface area contributed by atoms with Crippen LogP contribution in [0.2, 0.25) is 5.02 Å². The van der Waals surface area contributed by atoms with Gasteiger partial charge < -0.3 is 9.47 Å². The minimum atomic E-state index is -0.237. The van der Waals surface area contributed by atoms with Crippen LogP contribution < -0.4 is 15.0 Å². The highest BCUT2D eigenvalue weighted by Gasteiger charge is 2.15. The maximum absolute atomic E-state index is 13.3. The molecule has 6 nitrogen and oxygen atoms in total. The molecule has 0 unspecified atom stereocenters. The molecular formula is C26H22Br2ClN3O3. The lowest BCUT2D eigenvalue weighted by molar-refractivity contribution is 0.284. The lowest BCUT2D eigenvalue weighted by Crippen LogP contribution is -2.23. The summed E-state index contributed by atoms with van der Waals surface area (Å²) in [5, 5.41) is 5.63. The normalized spacial score (nSPS) is 11.5. The number of ether oxygens (including phenoxy) is 2. The summed E-state index contributed by atoms with van der Waals surface area (Å²) in [5.41, 5.74) is 1.98. The molecule has 0 spiro atoms. The largest absolute Gasteiger partial charge is 0.493 e. The molecular weight excluding hydrogens is 598 g/mol. The number of hydrogen-bond donors (Lipinski definition) is 0. The highest BCUT2D eigenvalue weighted by molar-refractivity contribution is 9.10. The zero-order valence-corrected chi connectivity index (χ0v) is 23.2. The first-order valence-electron chi connectivity index (χ1n) is 10.8. The average Bonchev–Trinajstić information content (AvgIpc) is 2.83. The van der Waals surface area contributed by atoms with E-state index in [4.69, 9.17) is 21.1 Å². The van der Waals surface area contributed by atoms with E-state index < -0.39 is 0 Å². The van der Waals surface area contributed by atoms with Crippen LogP contribution in [0.1, 0.15) is 36.7 Å². The SMILES string of the molecule is COc1cc(C=Nn2c(C(C)C)nc3ccc(Br)cc3c2=O)c(Br)cc1OCc1ccccc1Cl. The lowest BCUT2D eigenvalue weighted by atomic mass is 10.2. The van der Waals surface area contributed by atoms with Crippen LogP contribution in [0, 0.1) is 0 Å². The highest BCUT2D eigenvalue weighted by atomic mass is 79.9. The molecule has 0 saturated carbocycles. The number of hydrogen-bond acceptors (Lipinski definition) is 5. The number of rotatable bonds is 7. The van der Waals surface area contributed by atoms with E-state index in [-0.39, 0.29) is 11.5 Å². The van der Waals surface area contributed by atoms with Gasteiger partial charge in [0.05, 0.1) is 24.2 Å². The number of fused-ring (bicyclic) bond motifs is 1. The van der Waals surface area contributed by atoms with E-state index in [9.17, 15) is 4.79 Å². The minimum absolute atomic E-state index is 0.00791. The summed E-state index contributed by atoms with van der Waals surface area (Å²) in [6.45, 7) is 4.24. The van der Waals surface area contributed by atoms with Crippen molar-refractivity contribution in [1.82, 2.24) is 9.66 Å². The Kier molecular flexibility index (Phi) is 7.94. The molecule has 3 aromatic carbocycles. The van der Waals surface area contributed by atoms with Crippen molar-refractivity contribution in [3.05, 3.63) is 95.9 Å². The van der Waals surface area contributed by atoms with E-state index in [2.05, 4.69) is 41.9 Å². The third-order valence-corrected chi connectivity index (χ3v) is 6.83. The Morgan fingerprint density at radius 3 is 2.60 bits per heavy atom. The zero-order valence-electron chi connectivity index (χ0n) is 19.3. The van der Waals surface area contributed by atoms with Crippen molar-refractivity contribution in [3.63, 3.8) is 0 Å². The van der Waals surface area contributed by atoms with Gasteiger partial charge in [-0.05, 0) is 52.3 Å². The second-order valence-electron chi connectivity index (χ2n) is 8.05. The average molecular weight is 620 g/mol. The molecule has 180 valence electrons. The van der Waals surface area contributed by atoms with Crippen LogP contribution in [-0.2, 0) is 6.61 Å². The molecule has 1 heterocycles. The molecule has 0 aliphatic carbocycles. The van der Waals surface area contributed by atoms with Crippen LogP contribution >= 0.6 is 43.5 Å². The second-order valence-corrected chi connectivity index (χ2v) is 10.2. The Bertz CT molecular complexity index is 1490. The van der Waals surface area contributed by atoms with E-state index in [0.29, 0.717) is 45.4 Å². The van der Waals surface area contributed by atoms with Gasteiger partial charge in [0.1, 0.15) is 12.4 Å². The topological polar surface area (TPSA) is 65.7 Å². The van der Waals surface area contributed by atoms with Crippen molar-refractivity contribution in [1.29, 1.82) is 0 Å². The van der Waals surface area contributed by atoms with Crippen LogP contribution in [0.5, 0.6) is 11.5 Å². The predicted molar refractivity (Wildman–Crippen MR) is 147 cm³/mol. The fraction of sp³-hybridized carbons (Fsp3) is 0.192. The smallest absolute Gasteiger partial charge is 0.282 e. The molecule has 1 aromatic heterocycles. The first kappa shape index (κ1) is 25.4. The summed E-state index contributed by atoms with van der Waals surface area (Å²) in [6, 6.07) is 16.5. The summed E-state index contributed by atoms with van der Waals surface area (Å²) in [7, 11) is 1.57. The first-order valence-corrected chi connectivity index (χ1v) is 12.7. The van der Waals surface area contributed by atoms with Gasteiger partial charge in [0, 0.05) is 31.0 Å². The van der Waals surface area contributed by atoms with Crippen molar-refractivity contribution in [2.24, 2.45) is 5.10 Å². The summed E-state index contributed by atoms with van der Waals surface area (Å²) < 4.78 is 14.4. The van der Waals surface area contributed by atoms with Gasteiger partial charge in [-0.25, -0.2) is 4.98 Å². The zero-order chi connectivity index (χ0) is 25.1. The molecule has 0 atom stereocenters. The summed E-state index contributed by atoms with van der Waals surface area (Å²) in [5.74, 6) is 1.64. The van der Waals surface area contributed by atoms with Crippen molar-refractivity contribution in [2.45, 2.75) is 26.4 Å². The summed E-state index contributed by atoms with van der Waals surface area (Å²) in [4.78, 5) is 17.9. The molecule has 0 saturated heterocycles. The predicted octanol–water partition coefficient (Wildman–Crippen LogP) is 7.17. The Labute approximate surface area is 224 Å². The maximum atomic E-state index is 13.3. The molecule has 0 radical (unpaired) electrons. The molecule has 0 aliphatic heterocycles. The molecule has 0 amide bonds. The Morgan fingerprint density at radius 2 is 1.89 bits per heavy atom. The number of halogens is 3. The van der Waals surface area contributed by atoms with Crippen LogP contribution in [0.4, 0.5) is 0 Å². The van der Waals surface area contributed by atoms with E-state index in [1.807, 2.05) is 50.2 Å². The van der Waals surface area contributed by atoms with Crippen LogP contribution in [0.3, 0.4) is 0 Å². The van der Waals surface area contributed by atoms with Gasteiger partial charge in [0.25, 0.3) is 5.56 Å². The van der Waals surface area contributed by atoms with Crippen molar-refractivity contribution in [3.8, 4) is 11.5 Å². The molecule has 0 aliphatic rings. The maximum Gasteiger partial charge on any atom is 0.282 e. The van der Waals surface area contributed by atoms with E-state index in [1.165, 1.54) is 4.68 Å². The second kappa shape index (κ2) is 10.9. The van der Waals surface area contributed by atoms with E-state index in [0.717, 1.165) is 14.5 Å². The molecule has 0 N–H and O–H groups in total. The monoisotopic (exact) mass is 617 g/mol. The first-order chi connectivity index (χ1) is 16.8. The number of methoxy groups -OCH3 is 1. The summed E-state index contributed by atoms with van der Waals surface area (Å²) >= 11 is 13.2. The standard InChI is InChI=1S/C26H22Br2ClN3O3/c1-15(2)25-31-22-9-8-18(27)11-19(22)26(33)32(25)30-13-17-10-23(34-3)24(12-20(17)28)35-14-16-6-4-5-7-21(16)29/h4-13,15H,14H2,1-3H3. The van der Waals surface area contributed by atoms with Gasteiger partial charge in [0.2, 0.25) is 0 Å². The molecule has 4 aromatic rings. The van der Waals surface area contributed by atoms with Gasteiger partial charge in [-0.2, -0.15) is 9.78 Å². The number of nitrogens with zero attached hydrogens (tertiary/aromatic N) is 3. The van der Waals surface area contributed by atoms with Gasteiger partial charge in [-0.15, -0.1) is 0 Å². The van der Waals surface area contributed by atoms with Crippen LogP contribution in [0.25, 0.3) is 10.9 Å². The van der Waals surface area contributed by atoms with Gasteiger partial charge >= 0.3 is 0 Å². The van der Waals surface area contributed by atoms with E-state index >= 15 is 0 Å². The fourth-order valence-corrected chi connectivity index (χ4v) is 4.44. The third kappa shape index (κ3) is 5.60. The fourth-order valence-electron chi connectivity index (χ4n) is 3.46. The van der Waals surface area contributed by atoms with Crippen LogP contribution in [-0.4, -0.2) is 23.0 Å². The van der Waals surface area contributed by atoms with Gasteiger partial charge in [-0.3, -0.25) is 4.79 Å². The van der Waals surface area contributed by atoms with Crippen molar-refractivity contribution in [2.75, 3.05) is 7.11 Å². The number of aromatic nitrogens is 2. The van der Waals surface area contributed by atoms with Gasteiger partial charge in [-0.1, -0.05) is 59.6 Å². The minimum Gasteiger partial charge on any atom is -0.493 e. The molecule has 4 rings (SSSR count). The van der Waals surface area contributed by atoms with Gasteiger partial charge in [0.15, 0.2) is 11.5 Å². The molecule has 0 fully saturated rings. The molecule has 9 heteroatoms. The lowest BCUT2D eigenvalue weighted by Gasteiger charge is -2.14. The quantitative estimate of drug-likeness (QED) is 0.206. The highest BCUT2D eigenvalue weighted by Crippen LogP contribution is 2.34. The Morgan fingerprint density at radius 1 is 1.11 bits per heavy atom. The van der Waals surface area contributed by atoms with Crippen molar-refractivity contribution < 1.29 is 9.47 Å². The Hall–Kier alpha value is -2.68. The number of benzene rings is 3. The van der Waals surface area contributed by atoms with E-state index in [1.54, 1.807) is 31.5 Å². The third-order valence-electron chi connectivity index (χ3n) is 5.29. The Balaban J connectivity index is 1.70. The van der Waals surface area contributed by atoms with Crippen LogP contribution in [0.15, 0.2) is 73.4 Å². The van der Waals surface area contributed by atoms with Crippen molar-refractivity contribution >= 4 is 60.6 Å². The molecule has 35 heavy (non-hydrogen) atoms. The summed E-state index contributed by atoms with van der Waals surface area (Å²) in [6.07, 6.45) is 1.60.